The number of hydrogen-bond donors (Lipinski definition) is 0. The Balaban J connectivity index is 1.04. The van der Waals surface area contributed by atoms with Gasteiger partial charge in [0.15, 0.2) is 0 Å². The first-order valence-corrected chi connectivity index (χ1v) is 19.6. The molecular formula is C52H33BN2O3. The van der Waals surface area contributed by atoms with E-state index in [1.165, 1.54) is 0 Å². The average Bonchev–Trinajstić information content (AvgIpc) is 3.64. The molecule has 0 spiro atoms. The molecule has 0 unspecified atom stereocenters. The lowest BCUT2D eigenvalue weighted by atomic mass is 9.35. The van der Waals surface area contributed by atoms with E-state index >= 15 is 0 Å². The molecule has 0 saturated carbocycles. The van der Waals surface area contributed by atoms with Gasteiger partial charge in [-0.05, 0) is 95.2 Å². The van der Waals surface area contributed by atoms with Gasteiger partial charge in [-0.15, -0.1) is 0 Å². The maximum atomic E-state index is 6.93. The van der Waals surface area contributed by atoms with Crippen LogP contribution in [0.1, 0.15) is 0 Å². The lowest BCUT2D eigenvalue weighted by molar-refractivity contribution is 0.465. The fourth-order valence-electron chi connectivity index (χ4n) is 9.04. The molecule has 0 aliphatic carbocycles. The number of nitrogens with zero attached hydrogens (tertiary/aromatic N) is 2. The van der Waals surface area contributed by atoms with Gasteiger partial charge >= 0.3 is 0 Å². The predicted molar refractivity (Wildman–Crippen MR) is 238 cm³/mol. The van der Waals surface area contributed by atoms with Crippen LogP contribution in [0.2, 0.25) is 0 Å². The Morgan fingerprint density at radius 1 is 0.345 bits per heavy atom. The third kappa shape index (κ3) is 5.05. The van der Waals surface area contributed by atoms with Gasteiger partial charge in [0.2, 0.25) is 0 Å². The minimum Gasteiger partial charge on any atom is -0.458 e. The monoisotopic (exact) mass is 744 g/mol. The molecule has 6 heteroatoms. The molecule has 0 saturated heterocycles. The Bertz CT molecular complexity index is 3110. The van der Waals surface area contributed by atoms with Crippen molar-refractivity contribution in [3.8, 4) is 23.0 Å². The molecule has 9 aromatic carbocycles. The predicted octanol–water partition coefficient (Wildman–Crippen LogP) is 12.4. The van der Waals surface area contributed by atoms with Crippen molar-refractivity contribution in [2.75, 3.05) is 9.80 Å². The molecule has 0 bridgehead atoms. The highest BCUT2D eigenvalue weighted by Crippen LogP contribution is 2.46. The zero-order valence-electron chi connectivity index (χ0n) is 31.2. The fourth-order valence-corrected chi connectivity index (χ4v) is 9.04. The molecule has 5 nitrogen and oxygen atoms in total. The number of hydrogen-bond acceptors (Lipinski definition) is 5. The largest absolute Gasteiger partial charge is 0.458 e. The Labute approximate surface area is 335 Å². The van der Waals surface area contributed by atoms with E-state index in [0.717, 1.165) is 106 Å². The summed E-state index contributed by atoms with van der Waals surface area (Å²) in [6.45, 7) is -0.119. The van der Waals surface area contributed by atoms with E-state index in [1.54, 1.807) is 0 Å². The van der Waals surface area contributed by atoms with Crippen molar-refractivity contribution in [3.63, 3.8) is 0 Å². The summed E-state index contributed by atoms with van der Waals surface area (Å²) < 4.78 is 20.5. The van der Waals surface area contributed by atoms with Crippen molar-refractivity contribution in [3.05, 3.63) is 200 Å². The van der Waals surface area contributed by atoms with Gasteiger partial charge in [0.05, 0.1) is 5.69 Å². The summed E-state index contributed by atoms with van der Waals surface area (Å²) in [6.07, 6.45) is 0. The summed E-state index contributed by atoms with van der Waals surface area (Å²) in [4.78, 5) is 4.58. The van der Waals surface area contributed by atoms with Crippen LogP contribution in [0.25, 0.3) is 32.7 Å². The van der Waals surface area contributed by atoms with E-state index in [1.807, 2.05) is 30.3 Å². The van der Waals surface area contributed by atoms with Crippen LogP contribution in [0.3, 0.4) is 0 Å². The SMILES string of the molecule is c1ccc(N(c2ccccc2)c2ccc3c(c2)Oc2cccc4c2B3c2cc3oc5cc(N(c6ccccc6)c6ccccc6)c6ccccc6c5c3cc2O4)cc1. The number of para-hydroxylation sites is 4. The number of furan rings is 1. The smallest absolute Gasteiger partial charge is 0.260 e. The second-order valence-electron chi connectivity index (χ2n) is 14.8. The number of fused-ring (bicyclic) bond motifs is 9. The quantitative estimate of drug-likeness (QED) is 0.159. The van der Waals surface area contributed by atoms with Gasteiger partial charge in [0.1, 0.15) is 34.2 Å². The Morgan fingerprint density at radius 3 is 1.48 bits per heavy atom. The molecule has 2 aliphatic heterocycles. The number of anilines is 6. The van der Waals surface area contributed by atoms with Gasteiger partial charge in [-0.1, -0.05) is 109 Å². The second kappa shape index (κ2) is 12.9. The van der Waals surface area contributed by atoms with Crippen molar-refractivity contribution in [2.45, 2.75) is 0 Å². The fraction of sp³-hybridized carbons (Fsp3) is 0. The summed E-state index contributed by atoms with van der Waals surface area (Å²) >= 11 is 0. The van der Waals surface area contributed by atoms with Crippen LogP contribution < -0.4 is 35.7 Å². The minimum absolute atomic E-state index is 0.119. The van der Waals surface area contributed by atoms with Gasteiger partial charge in [-0.2, -0.15) is 0 Å². The Hall–Kier alpha value is -7.70. The summed E-state index contributed by atoms with van der Waals surface area (Å²) in [7, 11) is 0. The Kier molecular flexibility index (Phi) is 7.26. The molecule has 12 rings (SSSR count). The zero-order valence-corrected chi connectivity index (χ0v) is 31.2. The van der Waals surface area contributed by atoms with E-state index < -0.39 is 0 Å². The molecule has 0 atom stereocenters. The Morgan fingerprint density at radius 2 is 0.879 bits per heavy atom. The van der Waals surface area contributed by atoms with E-state index in [4.69, 9.17) is 13.9 Å². The molecule has 0 radical (unpaired) electrons. The molecule has 1 aromatic heterocycles. The van der Waals surface area contributed by atoms with E-state index in [9.17, 15) is 0 Å². The molecule has 0 fully saturated rings. The molecule has 0 N–H and O–H groups in total. The lowest BCUT2D eigenvalue weighted by Gasteiger charge is -2.34. The number of ether oxygens (including phenoxy) is 2. The number of rotatable bonds is 6. The van der Waals surface area contributed by atoms with E-state index in [-0.39, 0.29) is 6.71 Å². The highest BCUT2D eigenvalue weighted by atomic mass is 16.5. The topological polar surface area (TPSA) is 38.1 Å². The van der Waals surface area contributed by atoms with Crippen molar-refractivity contribution < 1.29 is 13.9 Å². The standard InChI is InChI=1S/C52H33BN2O3/c1-5-16-34(17-6-1)54(35-18-7-2-8-19-35)38-28-29-42-48(30-38)56-45-26-15-27-46-52(45)53(42)43-32-47-41(31-49(43)57-46)51-40-25-14-13-24-39(40)44(33-50(51)58-47)55(36-20-9-3-10-21-36)37-22-11-4-12-23-37/h1-33H. The summed E-state index contributed by atoms with van der Waals surface area (Å²) in [6, 6.07) is 69.8. The third-order valence-electron chi connectivity index (χ3n) is 11.5. The number of benzene rings is 9. The van der Waals surface area contributed by atoms with Gasteiger partial charge in [0, 0.05) is 62.2 Å². The molecule has 0 amide bonds. The molecule has 2 aliphatic rings. The third-order valence-corrected chi connectivity index (χ3v) is 11.5. The molecular weight excluding hydrogens is 711 g/mol. The van der Waals surface area contributed by atoms with Gasteiger partial charge in [-0.3, -0.25) is 0 Å². The van der Waals surface area contributed by atoms with Crippen molar-refractivity contribution in [1.82, 2.24) is 0 Å². The van der Waals surface area contributed by atoms with Gasteiger partial charge in [0.25, 0.3) is 6.71 Å². The van der Waals surface area contributed by atoms with Crippen molar-refractivity contribution in [1.29, 1.82) is 0 Å². The summed E-state index contributed by atoms with van der Waals surface area (Å²) in [5, 5.41) is 4.34. The van der Waals surface area contributed by atoms with Crippen molar-refractivity contribution >= 4 is 89.9 Å². The van der Waals surface area contributed by atoms with E-state index in [2.05, 4.69) is 180 Å². The van der Waals surface area contributed by atoms with E-state index in [0.29, 0.717) is 0 Å². The summed E-state index contributed by atoms with van der Waals surface area (Å²) in [5.41, 5.74) is 11.1. The highest BCUT2D eigenvalue weighted by molar-refractivity contribution is 6.98. The van der Waals surface area contributed by atoms with Crippen molar-refractivity contribution in [2.24, 2.45) is 0 Å². The van der Waals surface area contributed by atoms with Crippen LogP contribution in [-0.2, 0) is 0 Å². The molecule has 3 heterocycles. The van der Waals surface area contributed by atoms with Crippen LogP contribution in [0, 0.1) is 0 Å². The maximum Gasteiger partial charge on any atom is 0.260 e. The summed E-state index contributed by atoms with van der Waals surface area (Å²) in [5.74, 6) is 3.24. The van der Waals surface area contributed by atoms with Crippen LogP contribution in [-0.4, -0.2) is 6.71 Å². The second-order valence-corrected chi connectivity index (χ2v) is 14.8. The van der Waals surface area contributed by atoms with Gasteiger partial charge < -0.3 is 23.7 Å². The normalized spacial score (nSPS) is 12.4. The lowest BCUT2D eigenvalue weighted by Crippen LogP contribution is -2.57. The molecule has 10 aromatic rings. The first-order chi connectivity index (χ1) is 28.8. The highest BCUT2D eigenvalue weighted by Gasteiger charge is 2.41. The van der Waals surface area contributed by atoms with Crippen LogP contribution in [0.4, 0.5) is 34.1 Å². The average molecular weight is 745 g/mol. The molecule has 272 valence electrons. The van der Waals surface area contributed by atoms with Gasteiger partial charge in [-0.25, -0.2) is 0 Å². The maximum absolute atomic E-state index is 6.93. The van der Waals surface area contributed by atoms with Crippen LogP contribution in [0.5, 0.6) is 23.0 Å². The van der Waals surface area contributed by atoms with Crippen LogP contribution >= 0.6 is 0 Å². The first kappa shape index (κ1) is 32.5. The zero-order chi connectivity index (χ0) is 38.2. The molecule has 58 heavy (non-hydrogen) atoms. The first-order valence-electron chi connectivity index (χ1n) is 19.6. The van der Waals surface area contributed by atoms with Crippen LogP contribution in [0.15, 0.2) is 205 Å². The minimum atomic E-state index is -0.119.